The molecule has 0 aliphatic rings. The average Bonchev–Trinajstić information content (AvgIpc) is 1.78. The molecule has 72 valence electrons. The molecule has 0 atom stereocenters. The van der Waals surface area contributed by atoms with E-state index in [1.165, 1.54) is 13.0 Å². The lowest BCUT2D eigenvalue weighted by Crippen LogP contribution is -2.10. The second kappa shape index (κ2) is 3.01. The molecule has 1 aromatic rings. The highest BCUT2D eigenvalue weighted by Gasteiger charge is 2.35. The number of rotatable bonds is 0. The van der Waals surface area contributed by atoms with E-state index in [0.717, 1.165) is 6.07 Å². The highest BCUT2D eigenvalue weighted by molar-refractivity contribution is 5.33. The first-order valence-corrected chi connectivity index (χ1v) is 3.66. The summed E-state index contributed by atoms with van der Waals surface area (Å²) in [6, 6.07) is 2.20. The first-order valence-electron chi connectivity index (χ1n) is 3.66. The van der Waals surface area contributed by atoms with Gasteiger partial charge in [0.2, 0.25) is 0 Å². The fraction of sp³-hybridized carbons (Fsp3) is 0.333. The van der Waals surface area contributed by atoms with Gasteiger partial charge >= 0.3 is 6.18 Å². The van der Waals surface area contributed by atoms with Crippen molar-refractivity contribution in [3.05, 3.63) is 34.6 Å². The van der Waals surface area contributed by atoms with Crippen LogP contribution in [0.15, 0.2) is 12.1 Å². The second-order valence-corrected chi connectivity index (χ2v) is 2.94. The third-order valence-electron chi connectivity index (χ3n) is 1.72. The van der Waals surface area contributed by atoms with Crippen molar-refractivity contribution in [1.29, 1.82) is 0 Å². The summed E-state index contributed by atoms with van der Waals surface area (Å²) in [6.45, 7) is 2.80. The molecule has 0 amide bonds. The quantitative estimate of drug-likeness (QED) is 0.552. The lowest BCUT2D eigenvalue weighted by molar-refractivity contribution is -0.140. The number of aryl methyl sites for hydroxylation is 2. The minimum absolute atomic E-state index is 0.0787. The standard InChI is InChI=1S/C9H8F4/c1-5-3-6(2)8(7(10)4-5)9(11,12)13/h3-4H,1-2H3. The van der Waals surface area contributed by atoms with Crippen LogP contribution in [0.2, 0.25) is 0 Å². The number of hydrogen-bond donors (Lipinski definition) is 0. The molecule has 1 rings (SSSR count). The molecule has 0 saturated heterocycles. The summed E-state index contributed by atoms with van der Waals surface area (Å²) in [5, 5.41) is 0. The Labute approximate surface area is 73.2 Å². The van der Waals surface area contributed by atoms with Gasteiger partial charge in [0, 0.05) is 0 Å². The minimum atomic E-state index is -4.61. The highest BCUT2D eigenvalue weighted by atomic mass is 19.4. The summed E-state index contributed by atoms with van der Waals surface area (Å²) >= 11 is 0. The van der Waals surface area contributed by atoms with Crippen LogP contribution in [0.5, 0.6) is 0 Å². The largest absolute Gasteiger partial charge is 0.419 e. The van der Waals surface area contributed by atoms with Crippen molar-refractivity contribution in [2.75, 3.05) is 0 Å². The van der Waals surface area contributed by atoms with E-state index in [1.807, 2.05) is 0 Å². The number of benzene rings is 1. The lowest BCUT2D eigenvalue weighted by Gasteiger charge is -2.11. The van der Waals surface area contributed by atoms with Crippen LogP contribution in [0.1, 0.15) is 16.7 Å². The van der Waals surface area contributed by atoms with E-state index in [2.05, 4.69) is 0 Å². The molecule has 0 spiro atoms. The zero-order valence-corrected chi connectivity index (χ0v) is 7.17. The van der Waals surface area contributed by atoms with Gasteiger partial charge in [0.05, 0.1) is 5.56 Å². The molecule has 0 aliphatic carbocycles. The maximum Gasteiger partial charge on any atom is 0.419 e. The lowest BCUT2D eigenvalue weighted by atomic mass is 10.0. The van der Waals surface area contributed by atoms with Gasteiger partial charge in [-0.3, -0.25) is 0 Å². The molecule has 0 aromatic heterocycles. The van der Waals surface area contributed by atoms with Crippen LogP contribution in [0.3, 0.4) is 0 Å². The minimum Gasteiger partial charge on any atom is -0.206 e. The molecule has 0 saturated carbocycles. The zero-order valence-electron chi connectivity index (χ0n) is 7.17. The molecule has 0 bridgehead atoms. The van der Waals surface area contributed by atoms with E-state index >= 15 is 0 Å². The van der Waals surface area contributed by atoms with Gasteiger partial charge in [-0.2, -0.15) is 13.2 Å². The van der Waals surface area contributed by atoms with Gasteiger partial charge in [0.1, 0.15) is 5.82 Å². The van der Waals surface area contributed by atoms with Gasteiger partial charge in [0.15, 0.2) is 0 Å². The summed E-state index contributed by atoms with van der Waals surface area (Å²) in [4.78, 5) is 0. The summed E-state index contributed by atoms with van der Waals surface area (Å²) < 4.78 is 49.5. The third-order valence-corrected chi connectivity index (χ3v) is 1.72. The van der Waals surface area contributed by atoms with E-state index < -0.39 is 17.6 Å². The Bertz CT molecular complexity index is 302. The third kappa shape index (κ3) is 1.99. The normalized spacial score (nSPS) is 11.8. The van der Waals surface area contributed by atoms with Crippen molar-refractivity contribution >= 4 is 0 Å². The summed E-state index contributed by atoms with van der Waals surface area (Å²) in [6.07, 6.45) is -4.61. The van der Waals surface area contributed by atoms with Crippen LogP contribution in [-0.2, 0) is 6.18 Å². The Kier molecular flexibility index (Phi) is 2.32. The van der Waals surface area contributed by atoms with Crippen LogP contribution in [0.25, 0.3) is 0 Å². The molecule has 0 radical (unpaired) electrons. The Hall–Kier alpha value is -1.06. The van der Waals surface area contributed by atoms with Crippen molar-refractivity contribution in [2.45, 2.75) is 20.0 Å². The Morgan fingerprint density at radius 3 is 2.00 bits per heavy atom. The van der Waals surface area contributed by atoms with Crippen LogP contribution in [0, 0.1) is 19.7 Å². The monoisotopic (exact) mass is 192 g/mol. The van der Waals surface area contributed by atoms with Gasteiger partial charge in [-0.25, -0.2) is 4.39 Å². The number of hydrogen-bond acceptors (Lipinski definition) is 0. The van der Waals surface area contributed by atoms with Crippen LogP contribution >= 0.6 is 0 Å². The fourth-order valence-corrected chi connectivity index (χ4v) is 1.27. The molecule has 0 heterocycles. The van der Waals surface area contributed by atoms with Gasteiger partial charge in [-0.15, -0.1) is 0 Å². The maximum absolute atomic E-state index is 12.9. The van der Waals surface area contributed by atoms with E-state index in [-0.39, 0.29) is 5.56 Å². The summed E-state index contributed by atoms with van der Waals surface area (Å²) in [5.74, 6) is -1.20. The topological polar surface area (TPSA) is 0 Å². The molecular weight excluding hydrogens is 184 g/mol. The first-order chi connectivity index (χ1) is 5.82. The van der Waals surface area contributed by atoms with Gasteiger partial charge in [-0.05, 0) is 31.0 Å². The molecule has 0 unspecified atom stereocenters. The molecule has 4 heteroatoms. The smallest absolute Gasteiger partial charge is 0.206 e. The van der Waals surface area contributed by atoms with E-state index in [9.17, 15) is 17.6 Å². The van der Waals surface area contributed by atoms with E-state index in [4.69, 9.17) is 0 Å². The second-order valence-electron chi connectivity index (χ2n) is 2.94. The Morgan fingerprint density at radius 2 is 1.62 bits per heavy atom. The average molecular weight is 192 g/mol. The van der Waals surface area contributed by atoms with Crippen molar-refractivity contribution in [3.8, 4) is 0 Å². The van der Waals surface area contributed by atoms with E-state index in [1.54, 1.807) is 6.92 Å². The van der Waals surface area contributed by atoms with Crippen molar-refractivity contribution in [1.82, 2.24) is 0 Å². The molecule has 0 N–H and O–H groups in total. The van der Waals surface area contributed by atoms with Crippen molar-refractivity contribution in [3.63, 3.8) is 0 Å². The van der Waals surface area contributed by atoms with Gasteiger partial charge in [-0.1, -0.05) is 6.07 Å². The fourth-order valence-electron chi connectivity index (χ4n) is 1.27. The molecule has 13 heavy (non-hydrogen) atoms. The molecule has 0 aliphatic heterocycles. The zero-order chi connectivity index (χ0) is 10.2. The predicted molar refractivity (Wildman–Crippen MR) is 40.9 cm³/mol. The molecule has 1 aromatic carbocycles. The molecule has 0 nitrogen and oxygen atoms in total. The van der Waals surface area contributed by atoms with Crippen molar-refractivity contribution in [2.24, 2.45) is 0 Å². The Morgan fingerprint density at radius 1 is 1.08 bits per heavy atom. The summed E-state index contributed by atoms with van der Waals surface area (Å²) in [7, 11) is 0. The first kappa shape index (κ1) is 10.0. The highest BCUT2D eigenvalue weighted by Crippen LogP contribution is 2.34. The van der Waals surface area contributed by atoms with Crippen LogP contribution in [-0.4, -0.2) is 0 Å². The van der Waals surface area contributed by atoms with Crippen LogP contribution in [0.4, 0.5) is 17.6 Å². The SMILES string of the molecule is Cc1cc(C)c(C(F)(F)F)c(F)c1. The maximum atomic E-state index is 12.9. The number of halogens is 4. The van der Waals surface area contributed by atoms with Gasteiger partial charge in [0.25, 0.3) is 0 Å². The summed E-state index contributed by atoms with van der Waals surface area (Å²) in [5.41, 5.74) is -0.758. The van der Waals surface area contributed by atoms with Gasteiger partial charge < -0.3 is 0 Å². The molecule has 0 fully saturated rings. The van der Waals surface area contributed by atoms with Crippen LogP contribution < -0.4 is 0 Å². The van der Waals surface area contributed by atoms with Crippen molar-refractivity contribution < 1.29 is 17.6 Å². The predicted octanol–water partition coefficient (Wildman–Crippen LogP) is 3.46. The van der Waals surface area contributed by atoms with E-state index in [0.29, 0.717) is 5.56 Å². The molecular formula is C9H8F4. The number of alkyl halides is 3. The Balaban J connectivity index is 3.38.